The molecule has 0 radical (unpaired) electrons. The van der Waals surface area contributed by atoms with Gasteiger partial charge in [-0.3, -0.25) is 4.98 Å². The molecule has 0 aromatic carbocycles. The van der Waals surface area contributed by atoms with E-state index in [0.717, 1.165) is 6.08 Å². The summed E-state index contributed by atoms with van der Waals surface area (Å²) in [5, 5.41) is 5.40. The topological polar surface area (TPSA) is 116 Å². The van der Waals surface area contributed by atoms with Crippen molar-refractivity contribution in [3.8, 4) is 0 Å². The van der Waals surface area contributed by atoms with Gasteiger partial charge in [-0.15, -0.1) is 0 Å². The summed E-state index contributed by atoms with van der Waals surface area (Å²) in [5.74, 6) is 0. The van der Waals surface area contributed by atoms with Gasteiger partial charge in [-0.2, -0.15) is 0 Å². The van der Waals surface area contributed by atoms with Gasteiger partial charge >= 0.3 is 29.6 Å². The van der Waals surface area contributed by atoms with Gasteiger partial charge in [0.1, 0.15) is 11.1 Å². The Morgan fingerprint density at radius 3 is 1.62 bits per heavy atom. The molecular weight excluding hydrogens is 181 g/mol. The standard InChI is InChI=1S/C5H5N.CHNO.H2N3.Na.H/c1-2-4-6-5-3-1;2-1-3;1-3-2;;/h1-5H;2H;1-2H;;/q;;2*+1;-1. The van der Waals surface area contributed by atoms with Gasteiger partial charge in [-0.1, -0.05) is 6.07 Å². The third kappa shape index (κ3) is 36.2. The molecule has 0 saturated heterocycles. The fourth-order valence-electron chi connectivity index (χ4n) is 0.313. The van der Waals surface area contributed by atoms with Gasteiger partial charge < -0.3 is 1.43 Å². The van der Waals surface area contributed by atoms with E-state index in [-0.39, 0.29) is 31.0 Å². The smallest absolute Gasteiger partial charge is 1.00 e. The van der Waals surface area contributed by atoms with Gasteiger partial charge in [0.25, 0.3) is 0 Å². The van der Waals surface area contributed by atoms with Crippen LogP contribution in [0.5, 0.6) is 0 Å². The summed E-state index contributed by atoms with van der Waals surface area (Å²) in [5.41, 5.74) is 11.0. The molecule has 0 aliphatic heterocycles. The Balaban J connectivity index is -0.0000000557. The molecule has 0 aliphatic carbocycles. The van der Waals surface area contributed by atoms with E-state index in [1.54, 1.807) is 12.4 Å². The van der Waals surface area contributed by atoms with E-state index in [2.05, 4.69) is 4.98 Å². The Morgan fingerprint density at radius 2 is 1.54 bits per heavy atom. The molecule has 0 saturated carbocycles. The molecule has 0 fully saturated rings. The van der Waals surface area contributed by atoms with Crippen molar-refractivity contribution < 1.29 is 35.8 Å². The first-order valence-corrected chi connectivity index (χ1v) is 2.75. The Labute approximate surface area is 98.7 Å². The maximum absolute atomic E-state index is 8.35. The van der Waals surface area contributed by atoms with Crippen LogP contribution in [-0.2, 0) is 4.79 Å². The predicted molar refractivity (Wildman–Crippen MR) is 41.3 cm³/mol. The number of rotatable bonds is 0. The molecule has 0 bridgehead atoms. The molecular formula is C6H9N5NaO+. The third-order valence-electron chi connectivity index (χ3n) is 0.566. The van der Waals surface area contributed by atoms with Crippen molar-refractivity contribution in [3.05, 3.63) is 30.6 Å². The van der Waals surface area contributed by atoms with E-state index in [1.165, 1.54) is 0 Å². The molecule has 0 amide bonds. The molecule has 1 aromatic heterocycles. The molecule has 0 spiro atoms. The third-order valence-corrected chi connectivity index (χ3v) is 0.566. The summed E-state index contributed by atoms with van der Waals surface area (Å²) in [7, 11) is 0. The molecule has 1 aromatic rings. The minimum Gasteiger partial charge on any atom is -1.00 e. The van der Waals surface area contributed by atoms with Crippen molar-refractivity contribution in [2.45, 2.75) is 0 Å². The number of nitrogens with zero attached hydrogens (tertiary/aromatic N) is 2. The molecule has 0 atom stereocenters. The monoisotopic (exact) mass is 190 g/mol. The maximum atomic E-state index is 8.35. The maximum Gasteiger partial charge on any atom is 1.00 e. The Kier molecular flexibility index (Phi) is 30.7. The number of carbonyl (C=O) groups excluding carboxylic acids is 1. The van der Waals surface area contributed by atoms with Crippen molar-refractivity contribution in [1.29, 1.82) is 16.5 Å². The van der Waals surface area contributed by atoms with Crippen molar-refractivity contribution >= 4 is 6.08 Å². The Hall–Kier alpha value is -1.16. The fourth-order valence-corrected chi connectivity index (χ4v) is 0.313. The van der Waals surface area contributed by atoms with E-state index < -0.39 is 0 Å². The summed E-state index contributed by atoms with van der Waals surface area (Å²) in [4.78, 5) is 14.1. The van der Waals surface area contributed by atoms with E-state index >= 15 is 0 Å². The minimum absolute atomic E-state index is 0. The van der Waals surface area contributed by atoms with Crippen LogP contribution in [0, 0.1) is 16.5 Å². The zero-order chi connectivity index (χ0) is 9.66. The van der Waals surface area contributed by atoms with E-state index in [4.69, 9.17) is 21.3 Å². The van der Waals surface area contributed by atoms with Gasteiger partial charge in [0.2, 0.25) is 11.0 Å². The van der Waals surface area contributed by atoms with Crippen LogP contribution in [0.2, 0.25) is 0 Å². The average Bonchev–Trinajstić information content (AvgIpc) is 2.10. The first kappa shape index (κ1) is 17.8. The zero-order valence-electron chi connectivity index (χ0n) is 8.19. The van der Waals surface area contributed by atoms with Crippen LogP contribution in [0.4, 0.5) is 0 Å². The average molecular weight is 190 g/mol. The summed E-state index contributed by atoms with van der Waals surface area (Å²) in [6.07, 6.45) is 4.25. The van der Waals surface area contributed by atoms with E-state index in [1.807, 2.05) is 23.1 Å². The molecule has 0 unspecified atom stereocenters. The number of hydrogen-bond acceptors (Lipinski definition) is 5. The predicted octanol–water partition coefficient (Wildman–Crippen LogP) is -1.79. The van der Waals surface area contributed by atoms with E-state index in [0.29, 0.717) is 0 Å². The molecule has 7 heteroatoms. The number of isocyanates is 1. The van der Waals surface area contributed by atoms with Crippen molar-refractivity contribution in [1.82, 2.24) is 9.90 Å². The number of nitrogens with one attached hydrogen (secondary N) is 3. The second-order valence-corrected chi connectivity index (χ2v) is 1.24. The molecule has 64 valence electrons. The van der Waals surface area contributed by atoms with Crippen LogP contribution in [0.25, 0.3) is 0 Å². The van der Waals surface area contributed by atoms with Gasteiger partial charge in [0.15, 0.2) is 0 Å². The first-order chi connectivity index (χ1) is 5.83. The number of aromatic nitrogens is 1. The molecule has 1 heterocycles. The second-order valence-electron chi connectivity index (χ2n) is 1.24. The zero-order valence-corrected chi connectivity index (χ0v) is 9.19. The number of pyridine rings is 1. The van der Waals surface area contributed by atoms with Crippen molar-refractivity contribution in [2.75, 3.05) is 0 Å². The summed E-state index contributed by atoms with van der Waals surface area (Å²) in [6, 6.07) is 5.72. The second kappa shape index (κ2) is 22.4. The van der Waals surface area contributed by atoms with Crippen LogP contribution in [-0.4, -0.2) is 11.1 Å². The van der Waals surface area contributed by atoms with Crippen LogP contribution in [0.15, 0.2) is 30.6 Å². The summed E-state index contributed by atoms with van der Waals surface area (Å²) >= 11 is 0. The number of hydrogen-bond donors (Lipinski definition) is 3. The normalized spacial score (nSPS) is 4.92. The van der Waals surface area contributed by atoms with Gasteiger partial charge in [0, 0.05) is 12.4 Å². The van der Waals surface area contributed by atoms with Gasteiger partial charge in [-0.25, -0.2) is 10.2 Å². The molecule has 3 N–H and O–H groups in total. The van der Waals surface area contributed by atoms with Gasteiger partial charge in [-0.05, 0) is 12.1 Å². The van der Waals surface area contributed by atoms with Crippen LogP contribution < -0.4 is 34.5 Å². The van der Waals surface area contributed by atoms with Crippen LogP contribution in [0.3, 0.4) is 0 Å². The Morgan fingerprint density at radius 1 is 1.23 bits per heavy atom. The largest absolute Gasteiger partial charge is 1.00 e. The van der Waals surface area contributed by atoms with Crippen LogP contribution in [0.1, 0.15) is 1.43 Å². The summed E-state index contributed by atoms with van der Waals surface area (Å²) < 4.78 is 0. The summed E-state index contributed by atoms with van der Waals surface area (Å²) in [6.45, 7) is 0. The fraction of sp³-hybridized carbons (Fsp3) is 0. The quantitative estimate of drug-likeness (QED) is 0.147. The molecule has 13 heavy (non-hydrogen) atoms. The molecule has 1 rings (SSSR count). The van der Waals surface area contributed by atoms with Gasteiger partial charge in [0.05, 0.1) is 0 Å². The van der Waals surface area contributed by atoms with Crippen LogP contribution >= 0.6 is 0 Å². The Bertz CT molecular complexity index is 207. The minimum atomic E-state index is 0. The van der Waals surface area contributed by atoms with Crippen molar-refractivity contribution in [3.63, 3.8) is 0 Å². The molecule has 0 aliphatic rings. The first-order valence-electron chi connectivity index (χ1n) is 2.75. The van der Waals surface area contributed by atoms with Crippen molar-refractivity contribution in [2.24, 2.45) is 0 Å². The molecule has 6 nitrogen and oxygen atoms in total. The van der Waals surface area contributed by atoms with E-state index in [9.17, 15) is 0 Å². The SMILES string of the molecule is N=C=O.N=[N+]=N.[H-].[Na+].c1ccncc1.